The van der Waals surface area contributed by atoms with Gasteiger partial charge in [0.2, 0.25) is 5.91 Å². The van der Waals surface area contributed by atoms with Crippen LogP contribution in [0.1, 0.15) is 16.1 Å². The van der Waals surface area contributed by atoms with Crippen LogP contribution in [0.4, 0.5) is 0 Å². The molecule has 1 heterocycles. The molecule has 100 valence electrons. The van der Waals surface area contributed by atoms with E-state index in [4.69, 9.17) is 10.5 Å². The molecule has 0 unspecified atom stereocenters. The first-order chi connectivity index (χ1) is 9.24. The number of methoxy groups -OCH3 is 1. The first-order valence-corrected chi connectivity index (χ1v) is 6.12. The SMILES string of the molecule is COc1cccc(CC(=O)n2cncc2CCN)c1. The van der Waals surface area contributed by atoms with E-state index >= 15 is 0 Å². The fourth-order valence-corrected chi connectivity index (χ4v) is 1.92. The molecule has 2 N–H and O–H groups in total. The Hall–Kier alpha value is -2.14. The number of nitrogens with zero attached hydrogens (tertiary/aromatic N) is 2. The third-order valence-electron chi connectivity index (χ3n) is 2.87. The zero-order valence-corrected chi connectivity index (χ0v) is 10.9. The fourth-order valence-electron chi connectivity index (χ4n) is 1.92. The molecule has 0 saturated heterocycles. The number of nitrogens with two attached hydrogens (primary N) is 1. The van der Waals surface area contributed by atoms with Gasteiger partial charge in [0.05, 0.1) is 13.5 Å². The zero-order valence-electron chi connectivity index (χ0n) is 10.9. The standard InChI is InChI=1S/C14H17N3O2/c1-19-13-4-2-3-11(7-13)8-14(18)17-10-16-9-12(17)5-6-15/h2-4,7,9-10H,5-6,8,15H2,1H3. The van der Waals surface area contributed by atoms with E-state index < -0.39 is 0 Å². The van der Waals surface area contributed by atoms with Gasteiger partial charge in [-0.15, -0.1) is 0 Å². The second-order valence-electron chi connectivity index (χ2n) is 4.22. The van der Waals surface area contributed by atoms with Crippen molar-refractivity contribution in [3.8, 4) is 5.75 Å². The third-order valence-corrected chi connectivity index (χ3v) is 2.87. The van der Waals surface area contributed by atoms with Gasteiger partial charge in [-0.3, -0.25) is 9.36 Å². The number of aromatic nitrogens is 2. The van der Waals surface area contributed by atoms with E-state index in [-0.39, 0.29) is 5.91 Å². The predicted molar refractivity (Wildman–Crippen MR) is 72.3 cm³/mol. The second-order valence-corrected chi connectivity index (χ2v) is 4.22. The van der Waals surface area contributed by atoms with Gasteiger partial charge in [0.25, 0.3) is 0 Å². The van der Waals surface area contributed by atoms with Crippen molar-refractivity contribution in [2.45, 2.75) is 12.8 Å². The molecule has 0 atom stereocenters. The van der Waals surface area contributed by atoms with E-state index in [2.05, 4.69) is 4.98 Å². The molecular formula is C14H17N3O2. The summed E-state index contributed by atoms with van der Waals surface area (Å²) in [5.74, 6) is 0.729. The van der Waals surface area contributed by atoms with Gasteiger partial charge in [-0.2, -0.15) is 0 Å². The van der Waals surface area contributed by atoms with E-state index in [0.717, 1.165) is 17.0 Å². The molecule has 0 saturated carbocycles. The maximum Gasteiger partial charge on any atom is 0.236 e. The van der Waals surface area contributed by atoms with Crippen molar-refractivity contribution in [1.82, 2.24) is 9.55 Å². The van der Waals surface area contributed by atoms with Crippen LogP contribution in [0, 0.1) is 0 Å². The lowest BCUT2D eigenvalue weighted by molar-refractivity contribution is 0.0911. The van der Waals surface area contributed by atoms with Gasteiger partial charge in [-0.25, -0.2) is 4.98 Å². The summed E-state index contributed by atoms with van der Waals surface area (Å²) in [6.07, 6.45) is 4.17. The predicted octanol–water partition coefficient (Wildman–Crippen LogP) is 1.28. The van der Waals surface area contributed by atoms with Crippen LogP contribution < -0.4 is 10.5 Å². The highest BCUT2D eigenvalue weighted by molar-refractivity contribution is 5.81. The molecule has 5 heteroatoms. The Morgan fingerprint density at radius 3 is 3.05 bits per heavy atom. The van der Waals surface area contributed by atoms with Crippen LogP contribution in [-0.4, -0.2) is 29.1 Å². The molecule has 0 fully saturated rings. The lowest BCUT2D eigenvalue weighted by Gasteiger charge is -2.07. The number of carbonyl (C=O) groups excluding carboxylic acids is 1. The number of hydrogen-bond acceptors (Lipinski definition) is 4. The van der Waals surface area contributed by atoms with Gasteiger partial charge in [0.15, 0.2) is 0 Å². The number of carbonyl (C=O) groups is 1. The molecule has 0 aliphatic rings. The number of benzene rings is 1. The Labute approximate surface area is 112 Å². The van der Waals surface area contributed by atoms with E-state index in [1.807, 2.05) is 24.3 Å². The van der Waals surface area contributed by atoms with Gasteiger partial charge in [0.1, 0.15) is 12.1 Å². The summed E-state index contributed by atoms with van der Waals surface area (Å²) >= 11 is 0. The molecule has 0 spiro atoms. The number of hydrogen-bond donors (Lipinski definition) is 1. The van der Waals surface area contributed by atoms with Crippen molar-refractivity contribution in [2.24, 2.45) is 5.73 Å². The van der Waals surface area contributed by atoms with Crippen LogP contribution in [-0.2, 0) is 12.8 Å². The number of ether oxygens (including phenoxy) is 1. The first kappa shape index (κ1) is 13.3. The topological polar surface area (TPSA) is 70.1 Å². The summed E-state index contributed by atoms with van der Waals surface area (Å²) in [6.45, 7) is 0.498. The molecule has 1 aromatic heterocycles. The van der Waals surface area contributed by atoms with Crippen molar-refractivity contribution in [1.29, 1.82) is 0 Å². The van der Waals surface area contributed by atoms with Crippen LogP contribution >= 0.6 is 0 Å². The van der Waals surface area contributed by atoms with Gasteiger partial charge in [-0.1, -0.05) is 12.1 Å². The highest BCUT2D eigenvalue weighted by atomic mass is 16.5. The monoisotopic (exact) mass is 259 g/mol. The minimum Gasteiger partial charge on any atom is -0.497 e. The summed E-state index contributed by atoms with van der Waals surface area (Å²) in [5.41, 5.74) is 7.27. The highest BCUT2D eigenvalue weighted by Crippen LogP contribution is 2.14. The van der Waals surface area contributed by atoms with Crippen LogP contribution in [0.3, 0.4) is 0 Å². The quantitative estimate of drug-likeness (QED) is 0.878. The van der Waals surface area contributed by atoms with Crippen molar-refractivity contribution in [3.05, 3.63) is 48.0 Å². The summed E-state index contributed by atoms with van der Waals surface area (Å²) < 4.78 is 6.70. The average Bonchev–Trinajstić information content (AvgIpc) is 2.88. The molecule has 0 amide bonds. The van der Waals surface area contributed by atoms with E-state index in [0.29, 0.717) is 19.4 Å². The third kappa shape index (κ3) is 3.20. The van der Waals surface area contributed by atoms with Crippen molar-refractivity contribution in [2.75, 3.05) is 13.7 Å². The minimum atomic E-state index is -0.0193. The van der Waals surface area contributed by atoms with Crippen molar-refractivity contribution in [3.63, 3.8) is 0 Å². The molecule has 0 bridgehead atoms. The molecule has 2 aromatic rings. The lowest BCUT2D eigenvalue weighted by atomic mass is 10.1. The van der Waals surface area contributed by atoms with E-state index in [9.17, 15) is 4.79 Å². The lowest BCUT2D eigenvalue weighted by Crippen LogP contribution is -2.17. The minimum absolute atomic E-state index is 0.0193. The molecule has 19 heavy (non-hydrogen) atoms. The smallest absolute Gasteiger partial charge is 0.236 e. The fraction of sp³-hybridized carbons (Fsp3) is 0.286. The molecule has 0 aliphatic heterocycles. The van der Waals surface area contributed by atoms with Crippen molar-refractivity contribution < 1.29 is 9.53 Å². The molecular weight excluding hydrogens is 242 g/mol. The van der Waals surface area contributed by atoms with Crippen LogP contribution in [0.25, 0.3) is 0 Å². The molecule has 1 aromatic carbocycles. The Bertz CT molecular complexity index is 563. The largest absolute Gasteiger partial charge is 0.497 e. The molecule has 2 rings (SSSR count). The molecule has 0 aliphatic carbocycles. The normalized spacial score (nSPS) is 10.4. The van der Waals surface area contributed by atoms with Gasteiger partial charge < -0.3 is 10.5 Å². The Balaban J connectivity index is 2.13. The summed E-state index contributed by atoms with van der Waals surface area (Å²) in [7, 11) is 1.61. The highest BCUT2D eigenvalue weighted by Gasteiger charge is 2.10. The summed E-state index contributed by atoms with van der Waals surface area (Å²) in [4.78, 5) is 16.2. The zero-order chi connectivity index (χ0) is 13.7. The summed E-state index contributed by atoms with van der Waals surface area (Å²) in [6, 6.07) is 7.48. The van der Waals surface area contributed by atoms with E-state index in [1.165, 1.54) is 6.33 Å². The number of imidazole rings is 1. The second kappa shape index (κ2) is 6.15. The summed E-state index contributed by atoms with van der Waals surface area (Å²) in [5, 5.41) is 0. The maximum absolute atomic E-state index is 12.2. The Kier molecular flexibility index (Phi) is 4.30. The van der Waals surface area contributed by atoms with Gasteiger partial charge in [-0.05, 0) is 24.2 Å². The van der Waals surface area contributed by atoms with Crippen LogP contribution in [0.15, 0.2) is 36.8 Å². The average molecular weight is 259 g/mol. The maximum atomic E-state index is 12.2. The van der Waals surface area contributed by atoms with E-state index in [1.54, 1.807) is 17.9 Å². The number of rotatable bonds is 5. The van der Waals surface area contributed by atoms with Crippen LogP contribution in [0.2, 0.25) is 0 Å². The van der Waals surface area contributed by atoms with Gasteiger partial charge in [0, 0.05) is 18.3 Å². The molecule has 5 nitrogen and oxygen atoms in total. The molecule has 0 radical (unpaired) electrons. The van der Waals surface area contributed by atoms with Gasteiger partial charge >= 0.3 is 0 Å². The van der Waals surface area contributed by atoms with Crippen molar-refractivity contribution >= 4 is 5.91 Å². The Morgan fingerprint density at radius 2 is 2.32 bits per heavy atom. The Morgan fingerprint density at radius 1 is 1.47 bits per heavy atom. The first-order valence-electron chi connectivity index (χ1n) is 6.12. The van der Waals surface area contributed by atoms with Crippen LogP contribution in [0.5, 0.6) is 5.75 Å².